The molecule has 3 aromatic rings. The molecule has 0 unspecified atom stereocenters. The lowest BCUT2D eigenvalue weighted by molar-refractivity contribution is 0.0772. The molecule has 32 heavy (non-hydrogen) atoms. The highest BCUT2D eigenvalue weighted by Crippen LogP contribution is 2.35. The molecule has 1 aliphatic heterocycles. The molecule has 170 valence electrons. The standard InChI is InChI=1S/C25H30N2O4S/c1-26(11-8-17-16-32-24-13-19(29-2)6-7-20(17)24)9-5-10-27-15-18-12-22(30-3)23(31-4)14-21(18)25(27)28/h6-7,12-14,16H,5,8-11,15H2,1-4H3. The number of benzene rings is 2. The molecule has 0 aliphatic carbocycles. The van der Waals surface area contributed by atoms with Crippen molar-refractivity contribution in [1.29, 1.82) is 0 Å². The predicted octanol–water partition coefficient (Wildman–Crippen LogP) is 4.45. The number of rotatable bonds is 10. The van der Waals surface area contributed by atoms with Gasteiger partial charge in [0.25, 0.3) is 5.91 Å². The summed E-state index contributed by atoms with van der Waals surface area (Å²) in [4.78, 5) is 17.1. The van der Waals surface area contributed by atoms with Gasteiger partial charge in [0.1, 0.15) is 5.75 Å². The maximum atomic E-state index is 12.8. The van der Waals surface area contributed by atoms with E-state index in [9.17, 15) is 4.79 Å². The monoisotopic (exact) mass is 454 g/mol. The molecule has 1 amide bonds. The highest BCUT2D eigenvalue weighted by Gasteiger charge is 2.29. The van der Waals surface area contributed by atoms with Crippen LogP contribution in [0.3, 0.4) is 0 Å². The Morgan fingerprint density at radius 1 is 1.03 bits per heavy atom. The molecule has 6 nitrogen and oxygen atoms in total. The van der Waals surface area contributed by atoms with Crippen LogP contribution >= 0.6 is 11.3 Å². The zero-order valence-corrected chi connectivity index (χ0v) is 20.0. The van der Waals surface area contributed by atoms with Crippen molar-refractivity contribution in [3.63, 3.8) is 0 Å². The molecule has 0 bridgehead atoms. The average Bonchev–Trinajstić information content (AvgIpc) is 3.36. The van der Waals surface area contributed by atoms with E-state index in [4.69, 9.17) is 14.2 Å². The molecule has 1 aliphatic rings. The summed E-state index contributed by atoms with van der Waals surface area (Å²) in [6, 6.07) is 9.99. The Bertz CT molecular complexity index is 1110. The maximum absolute atomic E-state index is 12.8. The fourth-order valence-electron chi connectivity index (χ4n) is 4.22. The molecule has 2 heterocycles. The van der Waals surface area contributed by atoms with E-state index in [-0.39, 0.29) is 5.91 Å². The van der Waals surface area contributed by atoms with E-state index >= 15 is 0 Å². The summed E-state index contributed by atoms with van der Waals surface area (Å²) in [6.45, 7) is 3.30. The van der Waals surface area contributed by atoms with Crippen molar-refractivity contribution in [3.8, 4) is 17.2 Å². The summed E-state index contributed by atoms with van der Waals surface area (Å²) in [5.41, 5.74) is 3.10. The van der Waals surface area contributed by atoms with E-state index in [1.807, 2.05) is 17.0 Å². The fraction of sp³-hybridized carbons (Fsp3) is 0.400. The van der Waals surface area contributed by atoms with Gasteiger partial charge >= 0.3 is 0 Å². The van der Waals surface area contributed by atoms with Crippen molar-refractivity contribution in [1.82, 2.24) is 9.80 Å². The van der Waals surface area contributed by atoms with Crippen LogP contribution in [0.2, 0.25) is 0 Å². The van der Waals surface area contributed by atoms with Gasteiger partial charge in [-0.2, -0.15) is 0 Å². The highest BCUT2D eigenvalue weighted by atomic mass is 32.1. The Morgan fingerprint density at radius 3 is 2.56 bits per heavy atom. The van der Waals surface area contributed by atoms with E-state index in [2.05, 4.69) is 29.5 Å². The average molecular weight is 455 g/mol. The first-order valence-corrected chi connectivity index (χ1v) is 11.7. The van der Waals surface area contributed by atoms with Gasteiger partial charge in [0.05, 0.1) is 21.3 Å². The number of carbonyl (C=O) groups excluding carboxylic acids is 1. The Morgan fingerprint density at radius 2 is 1.81 bits per heavy atom. The Balaban J connectivity index is 1.27. The van der Waals surface area contributed by atoms with Crippen LogP contribution in [0.25, 0.3) is 10.1 Å². The molecule has 4 rings (SSSR count). The van der Waals surface area contributed by atoms with Crippen molar-refractivity contribution in [2.75, 3.05) is 48.0 Å². The zero-order chi connectivity index (χ0) is 22.7. The number of methoxy groups -OCH3 is 3. The second kappa shape index (κ2) is 9.79. The third-order valence-electron chi connectivity index (χ3n) is 6.08. The number of nitrogens with zero attached hydrogens (tertiary/aromatic N) is 2. The van der Waals surface area contributed by atoms with E-state index in [1.165, 1.54) is 15.6 Å². The Kier molecular flexibility index (Phi) is 6.86. The minimum absolute atomic E-state index is 0.0729. The third kappa shape index (κ3) is 4.54. The molecular formula is C25H30N2O4S. The number of hydrogen-bond acceptors (Lipinski definition) is 6. The number of amides is 1. The second-order valence-electron chi connectivity index (χ2n) is 8.12. The highest BCUT2D eigenvalue weighted by molar-refractivity contribution is 7.17. The largest absolute Gasteiger partial charge is 0.497 e. The minimum atomic E-state index is 0.0729. The van der Waals surface area contributed by atoms with Crippen molar-refractivity contribution < 1.29 is 19.0 Å². The van der Waals surface area contributed by atoms with Crippen LogP contribution in [-0.2, 0) is 13.0 Å². The van der Waals surface area contributed by atoms with Gasteiger partial charge in [-0.1, -0.05) is 0 Å². The summed E-state index contributed by atoms with van der Waals surface area (Å²) in [7, 11) is 7.05. The lowest BCUT2D eigenvalue weighted by atomic mass is 10.1. The normalized spacial score (nSPS) is 13.2. The predicted molar refractivity (Wildman–Crippen MR) is 128 cm³/mol. The molecule has 0 saturated heterocycles. The maximum Gasteiger partial charge on any atom is 0.254 e. The quantitative estimate of drug-likeness (QED) is 0.453. The summed E-state index contributed by atoms with van der Waals surface area (Å²) < 4.78 is 17.3. The van der Waals surface area contributed by atoms with Gasteiger partial charge in [0, 0.05) is 29.9 Å². The zero-order valence-electron chi connectivity index (χ0n) is 19.1. The van der Waals surface area contributed by atoms with E-state index < -0.39 is 0 Å². The number of thiophene rings is 1. The van der Waals surface area contributed by atoms with E-state index in [0.29, 0.717) is 18.0 Å². The van der Waals surface area contributed by atoms with E-state index in [1.54, 1.807) is 38.7 Å². The molecule has 1 aromatic heterocycles. The molecule has 0 fully saturated rings. The SMILES string of the molecule is COc1ccc2c(CCN(C)CCCN3Cc4cc(OC)c(OC)cc4C3=O)csc2c1. The number of likely N-dealkylation sites (N-methyl/N-ethyl adjacent to an activating group) is 1. The number of hydrogen-bond donors (Lipinski definition) is 0. The van der Waals surface area contributed by atoms with Crippen LogP contribution in [0.4, 0.5) is 0 Å². The minimum Gasteiger partial charge on any atom is -0.497 e. The first-order valence-electron chi connectivity index (χ1n) is 10.8. The van der Waals surface area contributed by atoms with Crippen molar-refractivity contribution in [3.05, 3.63) is 52.4 Å². The van der Waals surface area contributed by atoms with Gasteiger partial charge in [0.2, 0.25) is 0 Å². The van der Waals surface area contributed by atoms with Gasteiger partial charge in [-0.15, -0.1) is 11.3 Å². The first kappa shape index (κ1) is 22.4. The van der Waals surface area contributed by atoms with Crippen LogP contribution in [0.5, 0.6) is 17.2 Å². The summed E-state index contributed by atoms with van der Waals surface area (Å²) in [5, 5.41) is 3.57. The summed E-state index contributed by atoms with van der Waals surface area (Å²) in [5.74, 6) is 2.24. The Labute approximate surface area is 193 Å². The van der Waals surface area contributed by atoms with E-state index in [0.717, 1.165) is 49.4 Å². The second-order valence-corrected chi connectivity index (χ2v) is 9.03. The van der Waals surface area contributed by atoms with Gasteiger partial charge in [-0.25, -0.2) is 0 Å². The summed E-state index contributed by atoms with van der Waals surface area (Å²) >= 11 is 1.77. The van der Waals surface area contributed by atoms with Crippen LogP contribution < -0.4 is 14.2 Å². The van der Waals surface area contributed by atoms with Crippen molar-refractivity contribution in [2.24, 2.45) is 0 Å². The molecule has 7 heteroatoms. The Hall–Kier alpha value is -2.77. The smallest absolute Gasteiger partial charge is 0.254 e. The van der Waals surface area contributed by atoms with Gasteiger partial charge in [0.15, 0.2) is 11.5 Å². The number of carbonyl (C=O) groups is 1. The molecule has 0 radical (unpaired) electrons. The third-order valence-corrected chi connectivity index (χ3v) is 7.08. The van der Waals surface area contributed by atoms with Crippen LogP contribution in [0, 0.1) is 0 Å². The molecule has 0 N–H and O–H groups in total. The van der Waals surface area contributed by atoms with Crippen molar-refractivity contribution in [2.45, 2.75) is 19.4 Å². The number of fused-ring (bicyclic) bond motifs is 2. The van der Waals surface area contributed by atoms with Crippen LogP contribution in [-0.4, -0.2) is 63.7 Å². The molecular weight excluding hydrogens is 424 g/mol. The first-order chi connectivity index (χ1) is 15.5. The van der Waals surface area contributed by atoms with Gasteiger partial charge in [-0.05, 0) is 78.7 Å². The lowest BCUT2D eigenvalue weighted by Gasteiger charge is -2.20. The topological polar surface area (TPSA) is 51.2 Å². The molecule has 2 aromatic carbocycles. The van der Waals surface area contributed by atoms with Crippen LogP contribution in [0.15, 0.2) is 35.7 Å². The molecule has 0 saturated carbocycles. The van der Waals surface area contributed by atoms with Gasteiger partial charge < -0.3 is 24.0 Å². The number of ether oxygens (including phenoxy) is 3. The molecule has 0 atom stereocenters. The molecule has 0 spiro atoms. The van der Waals surface area contributed by atoms with Crippen LogP contribution in [0.1, 0.15) is 27.9 Å². The fourth-order valence-corrected chi connectivity index (χ4v) is 5.24. The van der Waals surface area contributed by atoms with Crippen molar-refractivity contribution >= 4 is 27.3 Å². The lowest BCUT2D eigenvalue weighted by Crippen LogP contribution is -2.29. The van der Waals surface area contributed by atoms with Gasteiger partial charge in [-0.3, -0.25) is 4.79 Å². The summed E-state index contributed by atoms with van der Waals surface area (Å²) in [6.07, 6.45) is 1.95.